The smallest absolute Gasteiger partial charge is 0.267 e. The zero-order valence-electron chi connectivity index (χ0n) is 20.4. The van der Waals surface area contributed by atoms with Crippen LogP contribution >= 0.6 is 11.8 Å². The minimum Gasteiger partial charge on any atom is -0.495 e. The number of aryl methyl sites for hydroxylation is 1. The van der Waals surface area contributed by atoms with Crippen LogP contribution in [0.15, 0.2) is 82.7 Å². The molecule has 2 aromatic heterocycles. The monoisotopic (exact) mass is 499 g/mol. The highest BCUT2D eigenvalue weighted by atomic mass is 32.2. The van der Waals surface area contributed by atoms with Gasteiger partial charge >= 0.3 is 0 Å². The van der Waals surface area contributed by atoms with E-state index in [1.807, 2.05) is 85.0 Å². The Hall–Kier alpha value is -4.11. The lowest BCUT2D eigenvalue weighted by molar-refractivity contribution is -0.117. The molecular weight excluding hydrogens is 474 g/mol. The van der Waals surface area contributed by atoms with E-state index in [-0.39, 0.29) is 11.5 Å². The molecule has 182 valence electrons. The quantitative estimate of drug-likeness (QED) is 0.320. The predicted octanol–water partition coefficient (Wildman–Crippen LogP) is 4.49. The van der Waals surface area contributed by atoms with Crippen LogP contribution < -0.4 is 15.2 Å². The van der Waals surface area contributed by atoms with Crippen molar-refractivity contribution in [1.29, 1.82) is 0 Å². The molecule has 0 bridgehead atoms. The van der Waals surface area contributed by atoms with Crippen LogP contribution in [0.25, 0.3) is 22.4 Å². The highest BCUT2D eigenvalue weighted by Gasteiger charge is 2.25. The first-order valence-electron chi connectivity index (χ1n) is 11.4. The molecule has 36 heavy (non-hydrogen) atoms. The van der Waals surface area contributed by atoms with Gasteiger partial charge in [-0.05, 0) is 55.8 Å². The minimum absolute atomic E-state index is 0.0686. The van der Waals surface area contributed by atoms with Crippen molar-refractivity contribution in [3.63, 3.8) is 0 Å². The third kappa shape index (κ3) is 4.01. The second kappa shape index (κ2) is 9.50. The number of nitrogens with zero attached hydrogens (tertiary/aromatic N) is 5. The van der Waals surface area contributed by atoms with E-state index in [0.717, 1.165) is 11.3 Å². The fourth-order valence-electron chi connectivity index (χ4n) is 4.21. The summed E-state index contributed by atoms with van der Waals surface area (Å²) in [6.45, 7) is 3.79. The van der Waals surface area contributed by atoms with Gasteiger partial charge in [-0.1, -0.05) is 48.2 Å². The van der Waals surface area contributed by atoms with Crippen molar-refractivity contribution in [2.75, 3.05) is 19.1 Å². The number of aromatic nitrogens is 4. The summed E-state index contributed by atoms with van der Waals surface area (Å²) < 4.78 is 8.92. The van der Waals surface area contributed by atoms with Gasteiger partial charge in [-0.2, -0.15) is 0 Å². The van der Waals surface area contributed by atoms with Crippen LogP contribution in [0.3, 0.4) is 0 Å². The predicted molar refractivity (Wildman–Crippen MR) is 143 cm³/mol. The van der Waals surface area contributed by atoms with Crippen LogP contribution in [0.4, 0.5) is 5.69 Å². The lowest BCUT2D eigenvalue weighted by Crippen LogP contribution is -2.33. The summed E-state index contributed by atoms with van der Waals surface area (Å²) in [7, 11) is 3.33. The molecule has 0 N–H and O–H groups in total. The van der Waals surface area contributed by atoms with Gasteiger partial charge in [-0.15, -0.1) is 10.2 Å². The number of methoxy groups -OCH3 is 1. The summed E-state index contributed by atoms with van der Waals surface area (Å²) >= 11 is 1.30. The molecule has 0 radical (unpaired) electrons. The number of ether oxygens (including phenoxy) is 1. The standard InChI is InChI=1S/C27H25N5O3S/c1-17-14-15-23(35-4)22(16-17)31-25(34)20-12-8-9-13-21(20)32-26(31)28-29-27(32)36-18(2)24(33)30(3)19-10-6-5-7-11-19/h5-16,18H,1-4H3. The van der Waals surface area contributed by atoms with E-state index in [4.69, 9.17) is 4.74 Å². The average Bonchev–Trinajstić information content (AvgIpc) is 3.31. The number of fused-ring (bicyclic) bond motifs is 3. The number of carbonyl (C=O) groups is 1. The first kappa shape index (κ1) is 23.6. The zero-order valence-corrected chi connectivity index (χ0v) is 21.2. The Bertz CT molecular complexity index is 1640. The number of hydrogen-bond donors (Lipinski definition) is 0. The molecule has 0 spiro atoms. The molecular formula is C27H25N5O3S. The second-order valence-corrected chi connectivity index (χ2v) is 9.75. The molecule has 1 unspecified atom stereocenters. The number of hydrogen-bond acceptors (Lipinski definition) is 6. The van der Waals surface area contributed by atoms with E-state index in [1.165, 1.54) is 16.3 Å². The van der Waals surface area contributed by atoms with Gasteiger partial charge in [0.2, 0.25) is 11.7 Å². The Morgan fingerprint density at radius 2 is 1.75 bits per heavy atom. The van der Waals surface area contributed by atoms with Gasteiger partial charge in [0.1, 0.15) is 5.75 Å². The lowest BCUT2D eigenvalue weighted by atomic mass is 10.2. The molecule has 0 aliphatic rings. The molecule has 9 heteroatoms. The number of para-hydroxylation sites is 2. The Labute approximate surface area is 212 Å². The topological polar surface area (TPSA) is 81.7 Å². The number of benzene rings is 3. The highest BCUT2D eigenvalue weighted by Crippen LogP contribution is 2.30. The molecule has 3 aromatic carbocycles. The van der Waals surface area contributed by atoms with Crippen LogP contribution in [0.5, 0.6) is 5.75 Å². The molecule has 5 rings (SSSR count). The van der Waals surface area contributed by atoms with Crippen LogP contribution in [-0.4, -0.2) is 44.5 Å². The van der Waals surface area contributed by atoms with Crippen LogP contribution in [0.1, 0.15) is 12.5 Å². The van der Waals surface area contributed by atoms with Gasteiger partial charge in [0.25, 0.3) is 5.56 Å². The van der Waals surface area contributed by atoms with Crippen LogP contribution in [0, 0.1) is 6.92 Å². The molecule has 8 nitrogen and oxygen atoms in total. The van der Waals surface area contributed by atoms with Crippen molar-refractivity contribution in [2.45, 2.75) is 24.3 Å². The normalized spacial score (nSPS) is 12.1. The number of anilines is 1. The maximum absolute atomic E-state index is 13.7. The fourth-order valence-corrected chi connectivity index (χ4v) is 5.16. The SMILES string of the molecule is COc1ccc(C)cc1-n1c(=O)c2ccccc2n2c(SC(C)C(=O)N(C)c3ccccc3)nnc12. The Morgan fingerprint density at radius 1 is 1.03 bits per heavy atom. The Kier molecular flexibility index (Phi) is 6.24. The van der Waals surface area contributed by atoms with Gasteiger partial charge in [0, 0.05) is 12.7 Å². The van der Waals surface area contributed by atoms with E-state index in [1.54, 1.807) is 25.1 Å². The molecule has 0 fully saturated rings. The van der Waals surface area contributed by atoms with Gasteiger partial charge in [-0.25, -0.2) is 4.57 Å². The Morgan fingerprint density at radius 3 is 2.50 bits per heavy atom. The Balaban J connectivity index is 1.66. The van der Waals surface area contributed by atoms with Crippen LogP contribution in [-0.2, 0) is 4.79 Å². The molecule has 0 aliphatic carbocycles. The molecule has 1 amide bonds. The van der Waals surface area contributed by atoms with Crippen molar-refractivity contribution in [1.82, 2.24) is 19.2 Å². The third-order valence-electron chi connectivity index (χ3n) is 6.07. The van der Waals surface area contributed by atoms with Crippen molar-refractivity contribution >= 4 is 40.0 Å². The molecule has 0 saturated heterocycles. The van der Waals surface area contributed by atoms with E-state index in [2.05, 4.69) is 10.2 Å². The molecule has 0 saturated carbocycles. The van der Waals surface area contributed by atoms with Gasteiger partial charge < -0.3 is 9.64 Å². The molecule has 1 atom stereocenters. The first-order valence-corrected chi connectivity index (χ1v) is 12.3. The summed E-state index contributed by atoms with van der Waals surface area (Å²) in [6.07, 6.45) is 0. The number of thioether (sulfide) groups is 1. The summed E-state index contributed by atoms with van der Waals surface area (Å²) in [5, 5.41) is 9.39. The maximum atomic E-state index is 13.7. The number of rotatable bonds is 6. The highest BCUT2D eigenvalue weighted by molar-refractivity contribution is 8.00. The van der Waals surface area contributed by atoms with Crippen LogP contribution in [0.2, 0.25) is 0 Å². The summed E-state index contributed by atoms with van der Waals surface area (Å²) in [4.78, 5) is 28.5. The second-order valence-electron chi connectivity index (χ2n) is 8.44. The average molecular weight is 500 g/mol. The molecule has 5 aromatic rings. The van der Waals surface area contributed by atoms with Gasteiger partial charge in [0.15, 0.2) is 5.16 Å². The molecule has 0 aliphatic heterocycles. The van der Waals surface area contributed by atoms with E-state index >= 15 is 0 Å². The zero-order chi connectivity index (χ0) is 25.4. The van der Waals surface area contributed by atoms with Crippen molar-refractivity contribution in [3.05, 3.63) is 88.7 Å². The van der Waals surface area contributed by atoms with E-state index < -0.39 is 5.25 Å². The third-order valence-corrected chi connectivity index (χ3v) is 7.10. The summed E-state index contributed by atoms with van der Waals surface area (Å²) in [6, 6.07) is 22.5. The summed E-state index contributed by atoms with van der Waals surface area (Å²) in [5.41, 5.74) is 2.81. The minimum atomic E-state index is -0.449. The van der Waals surface area contributed by atoms with E-state index in [0.29, 0.717) is 33.3 Å². The largest absolute Gasteiger partial charge is 0.495 e. The number of carbonyl (C=O) groups excluding carboxylic acids is 1. The van der Waals surface area contributed by atoms with Crippen molar-refractivity contribution in [2.24, 2.45) is 0 Å². The maximum Gasteiger partial charge on any atom is 0.267 e. The van der Waals surface area contributed by atoms with Gasteiger partial charge in [0.05, 0.1) is 29.0 Å². The first-order chi connectivity index (χ1) is 17.4. The molecule has 2 heterocycles. The summed E-state index contributed by atoms with van der Waals surface area (Å²) in [5.74, 6) is 0.826. The van der Waals surface area contributed by atoms with Crippen molar-refractivity contribution in [3.8, 4) is 11.4 Å². The lowest BCUT2D eigenvalue weighted by Gasteiger charge is -2.21. The van der Waals surface area contributed by atoms with Crippen molar-refractivity contribution < 1.29 is 9.53 Å². The van der Waals surface area contributed by atoms with Gasteiger partial charge in [-0.3, -0.25) is 14.0 Å². The fraction of sp³-hybridized carbons (Fsp3) is 0.185. The van der Waals surface area contributed by atoms with E-state index in [9.17, 15) is 9.59 Å². The number of amides is 1.